The summed E-state index contributed by atoms with van der Waals surface area (Å²) >= 11 is 1.66. The third-order valence-electron chi connectivity index (χ3n) is 2.95. The van der Waals surface area contributed by atoms with Gasteiger partial charge in [0.15, 0.2) is 5.78 Å². The van der Waals surface area contributed by atoms with Crippen molar-refractivity contribution in [3.63, 3.8) is 0 Å². The van der Waals surface area contributed by atoms with Crippen LogP contribution in [0.3, 0.4) is 0 Å². The Kier molecular flexibility index (Phi) is 5.24. The predicted octanol–water partition coefficient (Wildman–Crippen LogP) is 4.43. The van der Waals surface area contributed by atoms with Crippen LogP contribution in [-0.2, 0) is 0 Å². The maximum Gasteiger partial charge on any atom is 0.196 e. The lowest BCUT2D eigenvalue weighted by Gasteiger charge is -2.10. The number of carbonyl (C=O) groups excluding carboxylic acids is 1. The number of ether oxygens (including phenoxy) is 1. The number of hydrogen-bond donors (Lipinski definition) is 0. The highest BCUT2D eigenvalue weighted by molar-refractivity contribution is 7.98. The van der Waals surface area contributed by atoms with Crippen LogP contribution in [0.15, 0.2) is 53.4 Å². The zero-order valence-corrected chi connectivity index (χ0v) is 12.6. The van der Waals surface area contributed by atoms with Crippen molar-refractivity contribution in [3.05, 3.63) is 59.7 Å². The maximum atomic E-state index is 12.5. The van der Waals surface area contributed by atoms with Gasteiger partial charge in [0.1, 0.15) is 5.75 Å². The first-order valence-corrected chi connectivity index (χ1v) is 7.89. The molecule has 0 saturated heterocycles. The molecule has 0 atom stereocenters. The Bertz CT molecular complexity index is 576. The van der Waals surface area contributed by atoms with E-state index in [0.717, 1.165) is 11.3 Å². The van der Waals surface area contributed by atoms with Crippen LogP contribution in [0.2, 0.25) is 0 Å². The van der Waals surface area contributed by atoms with Crippen LogP contribution in [0, 0.1) is 0 Å². The van der Waals surface area contributed by atoms with Gasteiger partial charge in [-0.15, -0.1) is 11.8 Å². The van der Waals surface area contributed by atoms with Crippen molar-refractivity contribution >= 4 is 17.5 Å². The van der Waals surface area contributed by atoms with E-state index in [1.807, 2.05) is 61.7 Å². The van der Waals surface area contributed by atoms with E-state index < -0.39 is 0 Å². The fourth-order valence-corrected chi connectivity index (χ4v) is 2.30. The summed E-state index contributed by atoms with van der Waals surface area (Å²) in [5.41, 5.74) is 1.31. The van der Waals surface area contributed by atoms with E-state index in [0.29, 0.717) is 23.5 Å². The average Bonchev–Trinajstić information content (AvgIpc) is 2.52. The molecular formula is C17H18O2S. The van der Waals surface area contributed by atoms with Gasteiger partial charge >= 0.3 is 0 Å². The Balaban J connectivity index is 2.27. The summed E-state index contributed by atoms with van der Waals surface area (Å²) in [5.74, 6) is 0.664. The predicted molar refractivity (Wildman–Crippen MR) is 83.9 cm³/mol. The molecule has 0 unspecified atom stereocenters. The van der Waals surface area contributed by atoms with Crippen LogP contribution in [0.4, 0.5) is 0 Å². The minimum absolute atomic E-state index is 0.00403. The molecule has 0 aliphatic carbocycles. The Morgan fingerprint density at radius 2 is 1.80 bits per heavy atom. The molecule has 0 spiro atoms. The van der Waals surface area contributed by atoms with Crippen LogP contribution in [0.5, 0.6) is 5.75 Å². The van der Waals surface area contributed by atoms with Crippen LogP contribution in [0.1, 0.15) is 29.3 Å². The number of thioether (sulfide) groups is 1. The number of hydrogen-bond acceptors (Lipinski definition) is 3. The Morgan fingerprint density at radius 1 is 1.10 bits per heavy atom. The molecule has 2 aromatic carbocycles. The van der Waals surface area contributed by atoms with Gasteiger partial charge < -0.3 is 4.74 Å². The van der Waals surface area contributed by atoms with Gasteiger partial charge in [-0.1, -0.05) is 19.1 Å². The van der Waals surface area contributed by atoms with E-state index in [1.165, 1.54) is 0 Å². The lowest BCUT2D eigenvalue weighted by Crippen LogP contribution is -2.06. The van der Waals surface area contributed by atoms with Crippen molar-refractivity contribution in [2.24, 2.45) is 0 Å². The Labute approximate surface area is 124 Å². The summed E-state index contributed by atoms with van der Waals surface area (Å²) in [5, 5.41) is 0. The minimum Gasteiger partial charge on any atom is -0.493 e. The first-order valence-electron chi connectivity index (χ1n) is 6.67. The largest absolute Gasteiger partial charge is 0.493 e. The van der Waals surface area contributed by atoms with Crippen molar-refractivity contribution in [1.82, 2.24) is 0 Å². The molecule has 0 amide bonds. The van der Waals surface area contributed by atoms with Gasteiger partial charge in [0.2, 0.25) is 0 Å². The second-order valence-electron chi connectivity index (χ2n) is 4.40. The topological polar surface area (TPSA) is 26.3 Å². The van der Waals surface area contributed by atoms with Crippen molar-refractivity contribution in [1.29, 1.82) is 0 Å². The molecule has 0 radical (unpaired) electrons. The molecule has 0 aromatic heterocycles. The molecule has 20 heavy (non-hydrogen) atoms. The molecule has 0 saturated carbocycles. The van der Waals surface area contributed by atoms with E-state index in [1.54, 1.807) is 11.8 Å². The van der Waals surface area contributed by atoms with E-state index in [9.17, 15) is 4.79 Å². The molecule has 0 heterocycles. The molecule has 2 rings (SSSR count). The third-order valence-corrected chi connectivity index (χ3v) is 3.69. The summed E-state index contributed by atoms with van der Waals surface area (Å²) in [7, 11) is 0. The monoisotopic (exact) mass is 286 g/mol. The van der Waals surface area contributed by atoms with Gasteiger partial charge in [0.25, 0.3) is 0 Å². The highest BCUT2D eigenvalue weighted by Crippen LogP contribution is 2.23. The molecule has 0 aliphatic rings. The molecule has 0 aliphatic heterocycles. The van der Waals surface area contributed by atoms with Gasteiger partial charge in [-0.2, -0.15) is 0 Å². The Morgan fingerprint density at radius 3 is 2.45 bits per heavy atom. The molecule has 2 nitrogen and oxygen atoms in total. The van der Waals surface area contributed by atoms with Crippen LogP contribution in [0.25, 0.3) is 0 Å². The highest BCUT2D eigenvalue weighted by atomic mass is 32.2. The lowest BCUT2D eigenvalue weighted by molar-refractivity contribution is 0.103. The fourth-order valence-electron chi connectivity index (χ4n) is 1.89. The van der Waals surface area contributed by atoms with Gasteiger partial charge in [-0.25, -0.2) is 0 Å². The summed E-state index contributed by atoms with van der Waals surface area (Å²) in [6.45, 7) is 2.67. The van der Waals surface area contributed by atoms with Crippen LogP contribution < -0.4 is 4.74 Å². The molecule has 104 valence electrons. The Hall–Kier alpha value is -1.74. The first-order chi connectivity index (χ1) is 9.76. The number of ketones is 1. The van der Waals surface area contributed by atoms with Crippen LogP contribution >= 0.6 is 11.8 Å². The van der Waals surface area contributed by atoms with Crippen molar-refractivity contribution in [3.8, 4) is 5.75 Å². The van der Waals surface area contributed by atoms with Crippen LogP contribution in [-0.4, -0.2) is 18.6 Å². The molecule has 0 bridgehead atoms. The van der Waals surface area contributed by atoms with Gasteiger partial charge in [-0.3, -0.25) is 4.79 Å². The number of carbonyl (C=O) groups is 1. The van der Waals surface area contributed by atoms with Gasteiger partial charge in [0, 0.05) is 10.5 Å². The standard InChI is InChI=1S/C17H18O2S/c1-3-12-19-16-7-5-4-6-15(16)17(18)13-8-10-14(20-2)11-9-13/h4-11H,3,12H2,1-2H3. The van der Waals surface area contributed by atoms with Crippen molar-refractivity contribution < 1.29 is 9.53 Å². The van der Waals surface area contributed by atoms with E-state index in [-0.39, 0.29) is 5.78 Å². The fraction of sp³-hybridized carbons (Fsp3) is 0.235. The second kappa shape index (κ2) is 7.15. The number of benzene rings is 2. The van der Waals surface area contributed by atoms with E-state index in [2.05, 4.69) is 0 Å². The van der Waals surface area contributed by atoms with Gasteiger partial charge in [-0.05, 0) is 49.1 Å². The summed E-state index contributed by atoms with van der Waals surface area (Å²) in [4.78, 5) is 13.7. The summed E-state index contributed by atoms with van der Waals surface area (Å²) in [6, 6.07) is 15.1. The van der Waals surface area contributed by atoms with Crippen molar-refractivity contribution in [2.75, 3.05) is 12.9 Å². The zero-order chi connectivity index (χ0) is 14.4. The normalized spacial score (nSPS) is 10.3. The van der Waals surface area contributed by atoms with E-state index in [4.69, 9.17) is 4.74 Å². The highest BCUT2D eigenvalue weighted by Gasteiger charge is 2.14. The lowest BCUT2D eigenvalue weighted by atomic mass is 10.0. The third kappa shape index (κ3) is 3.42. The van der Waals surface area contributed by atoms with Crippen molar-refractivity contribution in [2.45, 2.75) is 18.2 Å². The summed E-state index contributed by atoms with van der Waals surface area (Å²) < 4.78 is 5.65. The molecular weight excluding hydrogens is 268 g/mol. The number of rotatable bonds is 6. The SMILES string of the molecule is CCCOc1ccccc1C(=O)c1ccc(SC)cc1. The second-order valence-corrected chi connectivity index (χ2v) is 5.28. The first kappa shape index (κ1) is 14.7. The molecule has 3 heteroatoms. The maximum absolute atomic E-state index is 12.5. The average molecular weight is 286 g/mol. The molecule has 2 aromatic rings. The smallest absolute Gasteiger partial charge is 0.196 e. The zero-order valence-electron chi connectivity index (χ0n) is 11.8. The number of para-hydroxylation sites is 1. The molecule has 0 N–H and O–H groups in total. The quantitative estimate of drug-likeness (QED) is 0.580. The summed E-state index contributed by atoms with van der Waals surface area (Å²) in [6.07, 6.45) is 2.94. The van der Waals surface area contributed by atoms with E-state index >= 15 is 0 Å². The molecule has 0 fully saturated rings. The van der Waals surface area contributed by atoms with Gasteiger partial charge in [0.05, 0.1) is 12.2 Å². The minimum atomic E-state index is 0.00403.